The zero-order chi connectivity index (χ0) is 6.43. The molecule has 50 valence electrons. The van der Waals surface area contributed by atoms with Crippen LogP contribution in [-0.4, -0.2) is 24.2 Å². The van der Waals surface area contributed by atoms with E-state index in [-0.39, 0.29) is 5.92 Å². The van der Waals surface area contributed by atoms with Gasteiger partial charge in [0.05, 0.1) is 19.0 Å². The normalized spacial score (nSPS) is 46.4. The van der Waals surface area contributed by atoms with Crippen LogP contribution in [0.5, 0.6) is 0 Å². The first kappa shape index (κ1) is 5.23. The fraction of sp³-hybridized carbons (Fsp3) is 0.833. The second-order valence-electron chi connectivity index (χ2n) is 2.95. The van der Waals surface area contributed by atoms with Crippen LogP contribution >= 0.6 is 0 Å². The summed E-state index contributed by atoms with van der Waals surface area (Å²) in [5.41, 5.74) is 0. The summed E-state index contributed by atoms with van der Waals surface area (Å²) < 4.78 is 0. The van der Waals surface area contributed by atoms with Crippen molar-refractivity contribution < 1.29 is 15.2 Å². The van der Waals surface area contributed by atoms with Crippen molar-refractivity contribution in [2.45, 2.75) is 0 Å². The molecule has 1 saturated carbocycles. The standard InChI is InChI=1S/C6H9NO2/c8-6(9)5-3-1-7-2-4(3)5/h3-5,7H,1-2H2,(H,8,9)/p+1. The number of aliphatic carboxylic acids is 1. The van der Waals surface area contributed by atoms with E-state index in [1.165, 1.54) is 0 Å². The van der Waals surface area contributed by atoms with E-state index in [4.69, 9.17) is 5.11 Å². The van der Waals surface area contributed by atoms with Crippen molar-refractivity contribution in [2.24, 2.45) is 17.8 Å². The number of hydrogen-bond donors (Lipinski definition) is 2. The van der Waals surface area contributed by atoms with E-state index in [2.05, 4.69) is 5.32 Å². The van der Waals surface area contributed by atoms with Gasteiger partial charge in [0, 0.05) is 11.8 Å². The highest BCUT2D eigenvalue weighted by atomic mass is 16.4. The molecule has 3 heteroatoms. The van der Waals surface area contributed by atoms with Gasteiger partial charge in [-0.15, -0.1) is 0 Å². The Morgan fingerprint density at radius 1 is 1.44 bits per heavy atom. The molecular weight excluding hydrogens is 118 g/mol. The molecular formula is C6H10NO2+. The van der Waals surface area contributed by atoms with Crippen LogP contribution in [0.1, 0.15) is 0 Å². The molecule has 3 N–H and O–H groups in total. The van der Waals surface area contributed by atoms with Crippen LogP contribution < -0.4 is 5.32 Å². The van der Waals surface area contributed by atoms with Gasteiger partial charge in [-0.25, -0.2) is 0 Å². The van der Waals surface area contributed by atoms with Crippen LogP contribution in [0.25, 0.3) is 0 Å². The Hall–Kier alpha value is -0.570. The number of quaternary nitrogens is 1. The van der Waals surface area contributed by atoms with Gasteiger partial charge < -0.3 is 10.4 Å². The minimum Gasteiger partial charge on any atom is -0.481 e. The SMILES string of the molecule is O=C(O)C1C2C[NH2+]CC21. The topological polar surface area (TPSA) is 53.9 Å². The number of nitrogens with two attached hydrogens (primary N) is 1. The lowest BCUT2D eigenvalue weighted by molar-refractivity contribution is -0.645. The summed E-state index contributed by atoms with van der Waals surface area (Å²) in [4.78, 5) is 10.4. The Labute approximate surface area is 53.1 Å². The van der Waals surface area contributed by atoms with Gasteiger partial charge in [-0.1, -0.05) is 0 Å². The molecule has 1 aliphatic heterocycles. The Kier molecular flexibility index (Phi) is 0.858. The molecule has 0 aromatic heterocycles. The van der Waals surface area contributed by atoms with E-state index < -0.39 is 5.97 Å². The van der Waals surface area contributed by atoms with E-state index in [9.17, 15) is 4.79 Å². The van der Waals surface area contributed by atoms with Gasteiger partial charge in [-0.05, 0) is 0 Å². The van der Waals surface area contributed by atoms with E-state index in [0.717, 1.165) is 13.1 Å². The molecule has 0 aromatic rings. The van der Waals surface area contributed by atoms with Crippen molar-refractivity contribution in [3.8, 4) is 0 Å². The van der Waals surface area contributed by atoms with Gasteiger partial charge in [0.25, 0.3) is 0 Å². The molecule has 0 amide bonds. The first-order chi connectivity index (χ1) is 4.30. The maximum absolute atomic E-state index is 10.4. The molecule has 2 atom stereocenters. The number of carbonyl (C=O) groups is 1. The molecule has 2 aliphatic rings. The minimum atomic E-state index is -0.585. The largest absolute Gasteiger partial charge is 0.481 e. The Bertz CT molecular complexity index is 147. The highest BCUT2D eigenvalue weighted by Crippen LogP contribution is 2.46. The van der Waals surface area contributed by atoms with Gasteiger partial charge in [-0.3, -0.25) is 4.79 Å². The lowest BCUT2D eigenvalue weighted by atomic mass is 10.3. The molecule has 9 heavy (non-hydrogen) atoms. The average molecular weight is 128 g/mol. The molecule has 3 nitrogen and oxygen atoms in total. The van der Waals surface area contributed by atoms with Crippen molar-refractivity contribution in [1.29, 1.82) is 0 Å². The lowest BCUT2D eigenvalue weighted by Crippen LogP contribution is -2.83. The number of carboxylic acid groups (broad SMARTS) is 1. The predicted octanol–water partition coefficient (Wildman–Crippen LogP) is -1.49. The molecule has 2 rings (SSSR count). The molecule has 1 heterocycles. The average Bonchev–Trinajstić information content (AvgIpc) is 2.30. The summed E-state index contributed by atoms with van der Waals surface area (Å²) >= 11 is 0. The number of rotatable bonds is 1. The van der Waals surface area contributed by atoms with Crippen molar-refractivity contribution in [3.63, 3.8) is 0 Å². The molecule has 0 bridgehead atoms. The van der Waals surface area contributed by atoms with Gasteiger partial charge in [0.1, 0.15) is 0 Å². The minimum absolute atomic E-state index is 0.0231. The first-order valence-corrected chi connectivity index (χ1v) is 3.35. The fourth-order valence-corrected chi connectivity index (χ4v) is 1.94. The highest BCUT2D eigenvalue weighted by molar-refractivity contribution is 5.74. The molecule has 2 fully saturated rings. The van der Waals surface area contributed by atoms with E-state index >= 15 is 0 Å². The van der Waals surface area contributed by atoms with Gasteiger partial charge in [0.2, 0.25) is 0 Å². The third kappa shape index (κ3) is 0.580. The summed E-state index contributed by atoms with van der Waals surface area (Å²) in [7, 11) is 0. The predicted molar refractivity (Wildman–Crippen MR) is 29.8 cm³/mol. The molecule has 0 radical (unpaired) electrons. The molecule has 1 aliphatic carbocycles. The zero-order valence-corrected chi connectivity index (χ0v) is 5.08. The smallest absolute Gasteiger partial charge is 0.307 e. The third-order valence-electron chi connectivity index (χ3n) is 2.49. The number of carboxylic acids is 1. The van der Waals surface area contributed by atoms with Crippen LogP contribution in [0.2, 0.25) is 0 Å². The van der Waals surface area contributed by atoms with Crippen molar-refractivity contribution >= 4 is 5.97 Å². The molecule has 0 spiro atoms. The quantitative estimate of drug-likeness (QED) is 0.452. The number of hydrogen-bond acceptors (Lipinski definition) is 1. The molecule has 1 saturated heterocycles. The van der Waals surface area contributed by atoms with Crippen molar-refractivity contribution in [2.75, 3.05) is 13.1 Å². The lowest BCUT2D eigenvalue weighted by Gasteiger charge is -1.93. The summed E-state index contributed by atoms with van der Waals surface area (Å²) in [5.74, 6) is 0.470. The van der Waals surface area contributed by atoms with E-state index in [1.807, 2.05) is 0 Å². The monoisotopic (exact) mass is 128 g/mol. The zero-order valence-electron chi connectivity index (χ0n) is 5.08. The van der Waals surface area contributed by atoms with E-state index in [0.29, 0.717) is 11.8 Å². The van der Waals surface area contributed by atoms with Crippen LogP contribution in [-0.2, 0) is 4.79 Å². The van der Waals surface area contributed by atoms with E-state index in [1.54, 1.807) is 0 Å². The Balaban J connectivity index is 2.02. The summed E-state index contributed by atoms with van der Waals surface area (Å²) in [5, 5.41) is 10.7. The van der Waals surface area contributed by atoms with Gasteiger partial charge >= 0.3 is 5.97 Å². The molecule has 0 aromatic carbocycles. The second-order valence-corrected chi connectivity index (χ2v) is 2.95. The summed E-state index contributed by atoms with van der Waals surface area (Å²) in [6, 6.07) is 0. The maximum atomic E-state index is 10.4. The Morgan fingerprint density at radius 2 is 2.00 bits per heavy atom. The Morgan fingerprint density at radius 3 is 2.33 bits per heavy atom. The van der Waals surface area contributed by atoms with Crippen molar-refractivity contribution in [3.05, 3.63) is 0 Å². The maximum Gasteiger partial charge on any atom is 0.307 e. The van der Waals surface area contributed by atoms with Gasteiger partial charge in [-0.2, -0.15) is 0 Å². The van der Waals surface area contributed by atoms with Crippen LogP contribution in [0.15, 0.2) is 0 Å². The number of fused-ring (bicyclic) bond motifs is 1. The summed E-state index contributed by atoms with van der Waals surface area (Å²) in [6.07, 6.45) is 0. The van der Waals surface area contributed by atoms with Crippen LogP contribution in [0.3, 0.4) is 0 Å². The third-order valence-corrected chi connectivity index (χ3v) is 2.49. The van der Waals surface area contributed by atoms with Crippen LogP contribution in [0.4, 0.5) is 0 Å². The second kappa shape index (κ2) is 1.48. The fourth-order valence-electron chi connectivity index (χ4n) is 1.94. The summed E-state index contributed by atoms with van der Waals surface area (Å²) in [6.45, 7) is 2.09. The highest BCUT2D eigenvalue weighted by Gasteiger charge is 2.60. The number of piperidine rings is 1. The van der Waals surface area contributed by atoms with Crippen molar-refractivity contribution in [1.82, 2.24) is 0 Å². The molecule has 2 unspecified atom stereocenters. The first-order valence-electron chi connectivity index (χ1n) is 3.35. The van der Waals surface area contributed by atoms with Crippen LogP contribution in [0, 0.1) is 17.8 Å². The van der Waals surface area contributed by atoms with Gasteiger partial charge in [0.15, 0.2) is 0 Å².